The Hall–Kier alpha value is -1.79. The topological polar surface area (TPSA) is 72.0 Å². The standard InChI is InChI=1S/C13H12ClN3O2S/c1-20(19)8-9-4-2-3-5-10(9)17-13(18)11-6-16-12(14)7-15-11/h2-7H,8H2,1H3,(H,17,18)/t20-/m1/s1. The van der Waals surface area contributed by atoms with Crippen LogP contribution in [0.2, 0.25) is 5.15 Å². The number of nitrogens with zero attached hydrogens (tertiary/aromatic N) is 2. The molecule has 2 rings (SSSR count). The quantitative estimate of drug-likeness (QED) is 0.940. The van der Waals surface area contributed by atoms with Crippen molar-refractivity contribution < 1.29 is 9.00 Å². The highest BCUT2D eigenvalue weighted by Gasteiger charge is 2.11. The van der Waals surface area contributed by atoms with E-state index in [0.29, 0.717) is 11.4 Å². The molecule has 0 bridgehead atoms. The molecule has 0 saturated heterocycles. The van der Waals surface area contributed by atoms with E-state index in [2.05, 4.69) is 15.3 Å². The van der Waals surface area contributed by atoms with Crippen molar-refractivity contribution in [2.45, 2.75) is 5.75 Å². The maximum absolute atomic E-state index is 12.0. The van der Waals surface area contributed by atoms with Crippen molar-refractivity contribution in [2.24, 2.45) is 0 Å². The van der Waals surface area contributed by atoms with Gasteiger partial charge in [-0.25, -0.2) is 9.97 Å². The zero-order valence-electron chi connectivity index (χ0n) is 10.7. The maximum Gasteiger partial charge on any atom is 0.275 e. The van der Waals surface area contributed by atoms with Crippen molar-refractivity contribution in [2.75, 3.05) is 11.6 Å². The normalized spacial score (nSPS) is 11.9. The van der Waals surface area contributed by atoms with Gasteiger partial charge < -0.3 is 5.32 Å². The monoisotopic (exact) mass is 309 g/mol. The SMILES string of the molecule is C[S@@](=O)Cc1ccccc1NC(=O)c1cnc(Cl)cn1. The van der Waals surface area contributed by atoms with E-state index >= 15 is 0 Å². The third-order valence-electron chi connectivity index (χ3n) is 2.48. The van der Waals surface area contributed by atoms with Gasteiger partial charge in [0.05, 0.1) is 18.1 Å². The molecule has 5 nitrogen and oxygen atoms in total. The Balaban J connectivity index is 2.19. The molecule has 1 atom stereocenters. The third kappa shape index (κ3) is 3.85. The number of anilines is 1. The minimum absolute atomic E-state index is 0.168. The second kappa shape index (κ2) is 6.58. The van der Waals surface area contributed by atoms with Gasteiger partial charge in [0.1, 0.15) is 10.8 Å². The lowest BCUT2D eigenvalue weighted by atomic mass is 10.2. The molecule has 7 heteroatoms. The molecule has 0 spiro atoms. The molecule has 1 N–H and O–H groups in total. The van der Waals surface area contributed by atoms with Gasteiger partial charge in [-0.15, -0.1) is 0 Å². The van der Waals surface area contributed by atoms with E-state index in [0.717, 1.165) is 5.56 Å². The van der Waals surface area contributed by atoms with E-state index in [-0.39, 0.29) is 16.8 Å². The first-order valence-corrected chi connectivity index (χ1v) is 7.83. The average Bonchev–Trinajstić information content (AvgIpc) is 2.41. The lowest BCUT2D eigenvalue weighted by Gasteiger charge is -2.09. The van der Waals surface area contributed by atoms with Gasteiger partial charge in [0.2, 0.25) is 0 Å². The average molecular weight is 310 g/mol. The van der Waals surface area contributed by atoms with E-state index in [1.165, 1.54) is 12.4 Å². The summed E-state index contributed by atoms with van der Waals surface area (Å²) in [6.07, 6.45) is 4.23. The number of carbonyl (C=O) groups is 1. The van der Waals surface area contributed by atoms with E-state index in [1.54, 1.807) is 18.4 Å². The van der Waals surface area contributed by atoms with Crippen molar-refractivity contribution in [1.29, 1.82) is 0 Å². The molecule has 0 fully saturated rings. The van der Waals surface area contributed by atoms with E-state index in [1.807, 2.05) is 12.1 Å². The molecule has 0 radical (unpaired) electrons. The van der Waals surface area contributed by atoms with Gasteiger partial charge >= 0.3 is 0 Å². The predicted octanol–water partition coefficient (Wildman–Crippen LogP) is 2.26. The van der Waals surface area contributed by atoms with Crippen molar-refractivity contribution >= 4 is 34.0 Å². The van der Waals surface area contributed by atoms with Crippen molar-refractivity contribution in [1.82, 2.24) is 9.97 Å². The summed E-state index contributed by atoms with van der Waals surface area (Å²) < 4.78 is 11.3. The second-order valence-electron chi connectivity index (χ2n) is 4.05. The van der Waals surface area contributed by atoms with Crippen molar-refractivity contribution in [3.8, 4) is 0 Å². The molecule has 1 amide bonds. The molecule has 1 aromatic carbocycles. The molecular weight excluding hydrogens is 298 g/mol. The third-order valence-corrected chi connectivity index (χ3v) is 3.39. The lowest BCUT2D eigenvalue weighted by molar-refractivity contribution is 0.102. The maximum atomic E-state index is 12.0. The summed E-state index contributed by atoms with van der Waals surface area (Å²) >= 11 is 5.62. The molecule has 0 saturated carbocycles. The Morgan fingerprint density at radius 1 is 1.30 bits per heavy atom. The van der Waals surface area contributed by atoms with Crippen LogP contribution in [0.25, 0.3) is 0 Å². The number of nitrogens with one attached hydrogen (secondary N) is 1. The molecule has 0 aliphatic carbocycles. The van der Waals surface area contributed by atoms with Gasteiger partial charge in [-0.1, -0.05) is 29.8 Å². The highest BCUT2D eigenvalue weighted by Crippen LogP contribution is 2.17. The first kappa shape index (κ1) is 14.6. The first-order chi connectivity index (χ1) is 9.56. The molecule has 20 heavy (non-hydrogen) atoms. The van der Waals surface area contributed by atoms with Crippen molar-refractivity contribution in [3.05, 3.63) is 53.1 Å². The zero-order chi connectivity index (χ0) is 14.5. The summed E-state index contributed by atoms with van der Waals surface area (Å²) in [5.41, 5.74) is 1.59. The minimum Gasteiger partial charge on any atom is -0.320 e. The van der Waals surface area contributed by atoms with Crippen LogP contribution in [0.4, 0.5) is 5.69 Å². The van der Waals surface area contributed by atoms with Gasteiger partial charge in [0.25, 0.3) is 5.91 Å². The summed E-state index contributed by atoms with van der Waals surface area (Å²) in [4.78, 5) is 19.7. The fraction of sp³-hybridized carbons (Fsp3) is 0.154. The first-order valence-electron chi connectivity index (χ1n) is 5.73. The molecule has 2 aromatic rings. The Morgan fingerprint density at radius 3 is 2.70 bits per heavy atom. The number of para-hydroxylation sites is 1. The molecular formula is C13H12ClN3O2S. The molecule has 1 heterocycles. The number of hydrogen-bond acceptors (Lipinski definition) is 4. The number of amides is 1. The van der Waals surface area contributed by atoms with Crippen LogP contribution in [-0.4, -0.2) is 26.3 Å². The van der Waals surface area contributed by atoms with Crippen molar-refractivity contribution in [3.63, 3.8) is 0 Å². The van der Waals surface area contributed by atoms with Gasteiger partial charge in [0.15, 0.2) is 0 Å². The number of aromatic nitrogens is 2. The summed E-state index contributed by atoms with van der Waals surface area (Å²) in [5, 5.41) is 2.96. The highest BCUT2D eigenvalue weighted by molar-refractivity contribution is 7.83. The minimum atomic E-state index is -0.986. The Bertz CT molecular complexity index is 646. The largest absolute Gasteiger partial charge is 0.320 e. The van der Waals surface area contributed by atoms with Gasteiger partial charge in [-0.3, -0.25) is 9.00 Å². The van der Waals surface area contributed by atoms with Crippen LogP contribution >= 0.6 is 11.6 Å². The smallest absolute Gasteiger partial charge is 0.275 e. The van der Waals surface area contributed by atoms with Crippen LogP contribution in [0.1, 0.15) is 16.1 Å². The molecule has 1 aromatic heterocycles. The Labute approximate surface area is 123 Å². The van der Waals surface area contributed by atoms with Gasteiger partial charge in [-0.05, 0) is 11.6 Å². The van der Waals surface area contributed by atoms with Crippen LogP contribution in [0.15, 0.2) is 36.7 Å². The summed E-state index contributed by atoms with van der Waals surface area (Å²) in [5.74, 6) is -0.00792. The number of rotatable bonds is 4. The molecule has 0 aliphatic heterocycles. The van der Waals surface area contributed by atoms with Crippen LogP contribution in [0.3, 0.4) is 0 Å². The van der Waals surface area contributed by atoms with Crippen LogP contribution in [-0.2, 0) is 16.6 Å². The fourth-order valence-corrected chi connectivity index (χ4v) is 2.39. The zero-order valence-corrected chi connectivity index (χ0v) is 12.2. The highest BCUT2D eigenvalue weighted by atomic mass is 35.5. The number of benzene rings is 1. The summed E-state index contributed by atoms with van der Waals surface area (Å²) in [6.45, 7) is 0. The molecule has 0 unspecified atom stereocenters. The van der Waals surface area contributed by atoms with E-state index < -0.39 is 10.8 Å². The fourth-order valence-electron chi connectivity index (χ4n) is 1.60. The van der Waals surface area contributed by atoms with Gasteiger partial charge in [0, 0.05) is 22.7 Å². The van der Waals surface area contributed by atoms with Crippen LogP contribution in [0, 0.1) is 0 Å². The van der Waals surface area contributed by atoms with Crippen LogP contribution < -0.4 is 5.32 Å². The summed E-state index contributed by atoms with van der Waals surface area (Å²) in [7, 11) is -0.986. The second-order valence-corrected chi connectivity index (χ2v) is 5.88. The van der Waals surface area contributed by atoms with E-state index in [9.17, 15) is 9.00 Å². The molecule has 104 valence electrons. The predicted molar refractivity (Wildman–Crippen MR) is 79.2 cm³/mol. The lowest BCUT2D eigenvalue weighted by Crippen LogP contribution is -2.15. The number of carbonyl (C=O) groups excluding carboxylic acids is 1. The van der Waals surface area contributed by atoms with E-state index in [4.69, 9.17) is 11.6 Å². The van der Waals surface area contributed by atoms with Crippen LogP contribution in [0.5, 0.6) is 0 Å². The Morgan fingerprint density at radius 2 is 2.05 bits per heavy atom. The van der Waals surface area contributed by atoms with Gasteiger partial charge in [-0.2, -0.15) is 0 Å². The number of halogens is 1. The Kier molecular flexibility index (Phi) is 4.81. The number of hydrogen-bond donors (Lipinski definition) is 1. The summed E-state index contributed by atoms with van der Waals surface area (Å²) in [6, 6.07) is 7.21. The molecule has 0 aliphatic rings.